The van der Waals surface area contributed by atoms with Gasteiger partial charge in [-0.05, 0) is 12.8 Å². The first kappa shape index (κ1) is 13.3. The van der Waals surface area contributed by atoms with E-state index >= 15 is 0 Å². The van der Waals surface area contributed by atoms with E-state index in [0.717, 1.165) is 0 Å². The van der Waals surface area contributed by atoms with Crippen molar-refractivity contribution < 1.29 is 9.59 Å². The molecule has 0 aliphatic carbocycles. The molecule has 4 N–H and O–H groups in total. The Bertz CT molecular complexity index is 212. The van der Waals surface area contributed by atoms with Gasteiger partial charge < -0.3 is 11.5 Å². The molecule has 0 radical (unpaired) electrons. The maximum atomic E-state index is 11.4. The summed E-state index contributed by atoms with van der Waals surface area (Å²) in [6.07, 6.45) is 0.483. The van der Waals surface area contributed by atoms with E-state index in [1.807, 2.05) is 13.8 Å². The summed E-state index contributed by atoms with van der Waals surface area (Å²) in [5, 5.41) is 0. The molecule has 2 unspecified atom stereocenters. The zero-order chi connectivity index (χ0) is 11.3. The van der Waals surface area contributed by atoms with Crippen molar-refractivity contribution in [2.24, 2.45) is 17.4 Å². The fourth-order valence-electron chi connectivity index (χ4n) is 1.07. The first-order valence-corrected chi connectivity index (χ1v) is 4.91. The van der Waals surface area contributed by atoms with Gasteiger partial charge in [-0.15, -0.1) is 0 Å². The van der Waals surface area contributed by atoms with Crippen LogP contribution in [-0.4, -0.2) is 23.7 Å². The smallest absolute Gasteiger partial charge is 0.151 e. The van der Waals surface area contributed by atoms with Crippen molar-refractivity contribution in [2.75, 3.05) is 0 Å². The molecule has 0 saturated heterocycles. The molecule has 0 aliphatic heterocycles. The largest absolute Gasteiger partial charge is 0.322 e. The molecule has 0 heterocycles. The van der Waals surface area contributed by atoms with Crippen LogP contribution in [0.3, 0.4) is 0 Å². The first-order chi connectivity index (χ1) is 6.34. The fraction of sp³-hybridized carbons (Fsp3) is 0.800. The maximum absolute atomic E-state index is 11.4. The summed E-state index contributed by atoms with van der Waals surface area (Å²) in [5.74, 6) is 0.0579. The quantitative estimate of drug-likeness (QED) is 0.643. The molecule has 0 aromatic heterocycles. The summed E-state index contributed by atoms with van der Waals surface area (Å²) in [7, 11) is 0. The monoisotopic (exact) mass is 200 g/mol. The van der Waals surface area contributed by atoms with Crippen molar-refractivity contribution >= 4 is 11.6 Å². The van der Waals surface area contributed by atoms with Crippen LogP contribution in [0.1, 0.15) is 33.6 Å². The number of Topliss-reactive ketones (excluding diaryl/α,β-unsaturated/α-hetero) is 2. The third kappa shape index (κ3) is 5.09. The number of carbonyl (C=O) groups excluding carboxylic acids is 2. The van der Waals surface area contributed by atoms with E-state index in [4.69, 9.17) is 11.5 Å². The van der Waals surface area contributed by atoms with Crippen LogP contribution in [0.2, 0.25) is 0 Å². The summed E-state index contributed by atoms with van der Waals surface area (Å²) in [6.45, 7) is 5.48. The van der Waals surface area contributed by atoms with Gasteiger partial charge in [0.2, 0.25) is 0 Å². The van der Waals surface area contributed by atoms with Gasteiger partial charge in [0.25, 0.3) is 0 Å². The molecule has 2 atom stereocenters. The Morgan fingerprint density at radius 1 is 1.00 bits per heavy atom. The van der Waals surface area contributed by atoms with Gasteiger partial charge in [0, 0.05) is 12.8 Å². The number of carbonyl (C=O) groups is 2. The zero-order valence-corrected chi connectivity index (χ0v) is 9.12. The Hall–Kier alpha value is -0.740. The Kier molecular flexibility index (Phi) is 5.57. The molecule has 0 amide bonds. The molecular formula is C10H20N2O2. The van der Waals surface area contributed by atoms with Gasteiger partial charge in [0.15, 0.2) is 5.78 Å². The molecule has 82 valence electrons. The van der Waals surface area contributed by atoms with Gasteiger partial charge in [-0.2, -0.15) is 0 Å². The number of nitrogens with two attached hydrogens (primary N) is 2. The predicted octanol–water partition coefficient (Wildman–Crippen LogP) is 0.235. The highest BCUT2D eigenvalue weighted by Crippen LogP contribution is 2.05. The van der Waals surface area contributed by atoms with Crippen LogP contribution in [0, 0.1) is 5.92 Å². The SMILES string of the molecule is CC(C)CC(=O)C(N)CC(=O)C(C)N. The number of ketones is 2. The molecule has 0 saturated carbocycles. The van der Waals surface area contributed by atoms with Crippen LogP contribution in [0.4, 0.5) is 0 Å². The van der Waals surface area contributed by atoms with Crippen LogP contribution in [-0.2, 0) is 9.59 Å². The maximum Gasteiger partial charge on any atom is 0.151 e. The number of hydrogen-bond donors (Lipinski definition) is 2. The number of hydrogen-bond acceptors (Lipinski definition) is 4. The molecule has 0 rings (SSSR count). The lowest BCUT2D eigenvalue weighted by molar-refractivity contribution is -0.126. The van der Waals surface area contributed by atoms with E-state index in [1.165, 1.54) is 0 Å². The average molecular weight is 200 g/mol. The standard InChI is InChI=1S/C10H20N2O2/c1-6(2)4-10(14)8(12)5-9(13)7(3)11/h6-8H,4-5,11-12H2,1-3H3. The third-order valence-corrected chi connectivity index (χ3v) is 1.95. The highest BCUT2D eigenvalue weighted by molar-refractivity contribution is 5.92. The predicted molar refractivity (Wildman–Crippen MR) is 55.7 cm³/mol. The van der Waals surface area contributed by atoms with Crippen LogP contribution < -0.4 is 11.5 Å². The molecule has 0 aliphatic rings. The lowest BCUT2D eigenvalue weighted by Crippen LogP contribution is -2.38. The van der Waals surface area contributed by atoms with Gasteiger partial charge in [-0.1, -0.05) is 13.8 Å². The highest BCUT2D eigenvalue weighted by atomic mass is 16.1. The van der Waals surface area contributed by atoms with E-state index in [2.05, 4.69) is 0 Å². The van der Waals surface area contributed by atoms with Crippen molar-refractivity contribution in [1.29, 1.82) is 0 Å². The van der Waals surface area contributed by atoms with Crippen LogP contribution in [0.25, 0.3) is 0 Å². The minimum atomic E-state index is -0.684. The second kappa shape index (κ2) is 5.88. The van der Waals surface area contributed by atoms with Crippen molar-refractivity contribution in [2.45, 2.75) is 45.7 Å². The van der Waals surface area contributed by atoms with Crippen LogP contribution >= 0.6 is 0 Å². The second-order valence-corrected chi connectivity index (χ2v) is 4.13. The van der Waals surface area contributed by atoms with E-state index in [9.17, 15) is 9.59 Å². The van der Waals surface area contributed by atoms with Gasteiger partial charge in [0.1, 0.15) is 5.78 Å². The molecular weight excluding hydrogens is 180 g/mol. The Morgan fingerprint density at radius 3 is 1.86 bits per heavy atom. The molecule has 0 bridgehead atoms. The van der Waals surface area contributed by atoms with Gasteiger partial charge in [-0.25, -0.2) is 0 Å². The molecule has 0 aromatic rings. The van der Waals surface area contributed by atoms with Crippen molar-refractivity contribution in [3.8, 4) is 0 Å². The lowest BCUT2D eigenvalue weighted by atomic mass is 9.97. The highest BCUT2D eigenvalue weighted by Gasteiger charge is 2.19. The van der Waals surface area contributed by atoms with E-state index in [0.29, 0.717) is 6.42 Å². The second-order valence-electron chi connectivity index (χ2n) is 4.13. The Balaban J connectivity index is 4.01. The van der Waals surface area contributed by atoms with Crippen molar-refractivity contribution in [1.82, 2.24) is 0 Å². The average Bonchev–Trinajstić information content (AvgIpc) is 2.02. The summed E-state index contributed by atoms with van der Waals surface area (Å²) >= 11 is 0. The van der Waals surface area contributed by atoms with E-state index < -0.39 is 12.1 Å². The Labute approximate surface area is 85.0 Å². The van der Waals surface area contributed by atoms with E-state index in [-0.39, 0.29) is 23.9 Å². The van der Waals surface area contributed by atoms with Crippen molar-refractivity contribution in [3.05, 3.63) is 0 Å². The topological polar surface area (TPSA) is 86.2 Å². The van der Waals surface area contributed by atoms with Gasteiger partial charge in [0.05, 0.1) is 12.1 Å². The first-order valence-electron chi connectivity index (χ1n) is 4.91. The summed E-state index contributed by atoms with van der Waals surface area (Å²) in [5.41, 5.74) is 10.9. The third-order valence-electron chi connectivity index (χ3n) is 1.95. The molecule has 4 nitrogen and oxygen atoms in total. The van der Waals surface area contributed by atoms with Gasteiger partial charge >= 0.3 is 0 Å². The molecule has 0 spiro atoms. The lowest BCUT2D eigenvalue weighted by Gasteiger charge is -2.12. The fourth-order valence-corrected chi connectivity index (χ4v) is 1.07. The van der Waals surface area contributed by atoms with Crippen molar-refractivity contribution in [3.63, 3.8) is 0 Å². The normalized spacial score (nSPS) is 15.3. The molecule has 14 heavy (non-hydrogen) atoms. The summed E-state index contributed by atoms with van der Waals surface area (Å²) in [6, 6.07) is -1.22. The molecule has 0 aromatic carbocycles. The Morgan fingerprint density at radius 2 is 1.50 bits per heavy atom. The van der Waals surface area contributed by atoms with Gasteiger partial charge in [-0.3, -0.25) is 9.59 Å². The zero-order valence-electron chi connectivity index (χ0n) is 9.12. The van der Waals surface area contributed by atoms with E-state index in [1.54, 1.807) is 6.92 Å². The van der Waals surface area contributed by atoms with Crippen LogP contribution in [0.15, 0.2) is 0 Å². The number of rotatable bonds is 6. The van der Waals surface area contributed by atoms with Crippen LogP contribution in [0.5, 0.6) is 0 Å². The molecule has 0 fully saturated rings. The summed E-state index contributed by atoms with van der Waals surface area (Å²) < 4.78 is 0. The summed E-state index contributed by atoms with van der Waals surface area (Å²) in [4.78, 5) is 22.6. The molecule has 4 heteroatoms. The minimum absolute atomic E-state index is 0.0588. The minimum Gasteiger partial charge on any atom is -0.322 e.